The molecule has 0 radical (unpaired) electrons. The lowest BCUT2D eigenvalue weighted by Crippen LogP contribution is -2.21. The number of hydrogen-bond acceptors (Lipinski definition) is 3. The molecule has 0 amide bonds. The minimum atomic E-state index is 0.542. The fourth-order valence-corrected chi connectivity index (χ4v) is 3.65. The first-order valence-corrected chi connectivity index (χ1v) is 8.76. The van der Waals surface area contributed by atoms with Gasteiger partial charge in [-0.2, -0.15) is 0 Å². The molecule has 0 spiro atoms. The Labute approximate surface area is 147 Å². The molecule has 0 bridgehead atoms. The van der Waals surface area contributed by atoms with Crippen LogP contribution in [-0.2, 0) is 0 Å². The number of oxime groups is 1. The summed E-state index contributed by atoms with van der Waals surface area (Å²) in [6, 6.07) is 11.7. The quantitative estimate of drug-likeness (QED) is 0.343. The third kappa shape index (κ3) is 4.48. The van der Waals surface area contributed by atoms with Crippen LogP contribution >= 0.6 is 11.6 Å². The second-order valence-corrected chi connectivity index (χ2v) is 6.82. The number of anilines is 1. The van der Waals surface area contributed by atoms with Crippen molar-refractivity contribution in [2.45, 2.75) is 38.0 Å². The van der Waals surface area contributed by atoms with Crippen LogP contribution in [0.1, 0.15) is 43.6 Å². The third-order valence-corrected chi connectivity index (χ3v) is 4.98. The Hall–Kier alpha value is -2.07. The van der Waals surface area contributed by atoms with Crippen LogP contribution in [0.3, 0.4) is 0 Å². The molecule has 1 saturated carbocycles. The Kier molecular flexibility index (Phi) is 5.70. The average Bonchev–Trinajstić information content (AvgIpc) is 2.62. The maximum atomic E-state index is 9.30. The molecule has 2 aromatic rings. The largest absolute Gasteiger partial charge is 0.409 e. The Balaban J connectivity index is 1.53. The molecule has 1 aliphatic rings. The zero-order chi connectivity index (χ0) is 16.8. The van der Waals surface area contributed by atoms with Crippen molar-refractivity contribution in [3.05, 3.63) is 59.4 Å². The van der Waals surface area contributed by atoms with E-state index in [4.69, 9.17) is 11.6 Å². The van der Waals surface area contributed by atoms with Crippen molar-refractivity contribution in [3.8, 4) is 0 Å². The molecule has 2 N–H and O–H groups in total. The van der Waals surface area contributed by atoms with Crippen molar-refractivity contribution in [1.82, 2.24) is 4.98 Å². The topological polar surface area (TPSA) is 57.5 Å². The first kappa shape index (κ1) is 16.8. The molecule has 0 saturated heterocycles. The smallest absolute Gasteiger partial charge is 0.146 e. The van der Waals surface area contributed by atoms with Crippen LogP contribution in [0.15, 0.2) is 53.9 Å². The standard InChI is InChI=1S/C19H22ClN3O/c20-17-2-1-3-18(13-17)22-19(23-24)12-14-4-6-15(7-5-14)16-8-10-21-11-9-16/h1-3,8-11,13-15,24H,4-7,12H2,(H,22,23)/t14-,15-. The van der Waals surface area contributed by atoms with Crippen molar-refractivity contribution in [2.75, 3.05) is 5.32 Å². The normalized spacial score (nSPS) is 21.5. The summed E-state index contributed by atoms with van der Waals surface area (Å²) < 4.78 is 0. The number of amidine groups is 1. The summed E-state index contributed by atoms with van der Waals surface area (Å²) in [5.74, 6) is 1.77. The van der Waals surface area contributed by atoms with Gasteiger partial charge in [-0.1, -0.05) is 22.8 Å². The molecule has 0 unspecified atom stereocenters. The second-order valence-electron chi connectivity index (χ2n) is 6.38. The number of rotatable bonds is 4. The summed E-state index contributed by atoms with van der Waals surface area (Å²) in [6.45, 7) is 0. The van der Waals surface area contributed by atoms with E-state index in [2.05, 4.69) is 27.6 Å². The Morgan fingerprint density at radius 3 is 2.58 bits per heavy atom. The van der Waals surface area contributed by atoms with Crippen molar-refractivity contribution >= 4 is 23.1 Å². The van der Waals surface area contributed by atoms with Crippen LogP contribution in [0.5, 0.6) is 0 Å². The summed E-state index contributed by atoms with van der Waals surface area (Å²) in [5, 5.41) is 16.6. The lowest BCUT2D eigenvalue weighted by Gasteiger charge is -2.29. The molecule has 1 heterocycles. The highest BCUT2D eigenvalue weighted by Gasteiger charge is 2.23. The number of hydrogen-bond donors (Lipinski definition) is 2. The first-order chi connectivity index (χ1) is 11.7. The number of pyridine rings is 1. The Bertz CT molecular complexity index is 682. The molecule has 1 fully saturated rings. The fourth-order valence-electron chi connectivity index (χ4n) is 3.46. The Morgan fingerprint density at radius 2 is 1.92 bits per heavy atom. The van der Waals surface area contributed by atoms with E-state index in [-0.39, 0.29) is 0 Å². The highest BCUT2D eigenvalue weighted by molar-refractivity contribution is 6.30. The molecular formula is C19H22ClN3O. The molecule has 1 aromatic heterocycles. The van der Waals surface area contributed by atoms with Crippen LogP contribution in [0.4, 0.5) is 5.69 Å². The maximum absolute atomic E-state index is 9.30. The van der Waals surface area contributed by atoms with E-state index in [1.54, 1.807) is 0 Å². The molecule has 4 nitrogen and oxygen atoms in total. The van der Waals surface area contributed by atoms with Crippen molar-refractivity contribution in [2.24, 2.45) is 11.1 Å². The summed E-state index contributed by atoms with van der Waals surface area (Å²) >= 11 is 5.99. The average molecular weight is 344 g/mol. The zero-order valence-corrected chi connectivity index (χ0v) is 14.3. The van der Waals surface area contributed by atoms with Gasteiger partial charge in [-0.05, 0) is 73.4 Å². The SMILES string of the molecule is ON=C(C[C@H]1CC[C@H](c2ccncc2)CC1)Nc1cccc(Cl)c1. The molecule has 5 heteroatoms. The van der Waals surface area contributed by atoms with Gasteiger partial charge in [-0.3, -0.25) is 4.98 Å². The first-order valence-electron chi connectivity index (χ1n) is 8.38. The van der Waals surface area contributed by atoms with E-state index in [1.807, 2.05) is 36.7 Å². The van der Waals surface area contributed by atoms with E-state index >= 15 is 0 Å². The maximum Gasteiger partial charge on any atom is 0.146 e. The van der Waals surface area contributed by atoms with Gasteiger partial charge >= 0.3 is 0 Å². The third-order valence-electron chi connectivity index (χ3n) is 4.74. The minimum Gasteiger partial charge on any atom is -0.409 e. The van der Waals surface area contributed by atoms with Gasteiger partial charge in [-0.25, -0.2) is 0 Å². The van der Waals surface area contributed by atoms with E-state index < -0.39 is 0 Å². The van der Waals surface area contributed by atoms with Gasteiger partial charge in [0.1, 0.15) is 5.84 Å². The number of benzene rings is 1. The summed E-state index contributed by atoms with van der Waals surface area (Å²) in [5.41, 5.74) is 2.23. The van der Waals surface area contributed by atoms with Gasteiger partial charge in [0.15, 0.2) is 0 Å². The summed E-state index contributed by atoms with van der Waals surface area (Å²) in [6.07, 6.45) is 9.12. The van der Waals surface area contributed by atoms with Crippen LogP contribution in [0, 0.1) is 5.92 Å². The highest BCUT2D eigenvalue weighted by atomic mass is 35.5. The monoisotopic (exact) mass is 343 g/mol. The number of aromatic nitrogens is 1. The lowest BCUT2D eigenvalue weighted by molar-refractivity contribution is 0.306. The number of nitrogens with zero attached hydrogens (tertiary/aromatic N) is 2. The van der Waals surface area contributed by atoms with Gasteiger partial charge < -0.3 is 10.5 Å². The van der Waals surface area contributed by atoms with Gasteiger partial charge in [0.25, 0.3) is 0 Å². The molecule has 1 aromatic carbocycles. The molecule has 3 rings (SSSR count). The predicted octanol–water partition coefficient (Wildman–Crippen LogP) is 5.30. The molecular weight excluding hydrogens is 322 g/mol. The van der Waals surface area contributed by atoms with Gasteiger partial charge in [0, 0.05) is 29.5 Å². The molecule has 0 aliphatic heterocycles. The van der Waals surface area contributed by atoms with Crippen molar-refractivity contribution in [3.63, 3.8) is 0 Å². The fraction of sp³-hybridized carbons (Fsp3) is 0.368. The molecule has 1 aliphatic carbocycles. The summed E-state index contributed by atoms with van der Waals surface area (Å²) in [7, 11) is 0. The van der Waals surface area contributed by atoms with E-state index in [0.717, 1.165) is 24.9 Å². The van der Waals surface area contributed by atoms with Crippen molar-refractivity contribution < 1.29 is 5.21 Å². The van der Waals surface area contributed by atoms with Gasteiger partial charge in [-0.15, -0.1) is 0 Å². The van der Waals surface area contributed by atoms with E-state index in [1.165, 1.54) is 18.4 Å². The van der Waals surface area contributed by atoms with E-state index in [0.29, 0.717) is 22.7 Å². The van der Waals surface area contributed by atoms with E-state index in [9.17, 15) is 5.21 Å². The zero-order valence-electron chi connectivity index (χ0n) is 13.5. The van der Waals surface area contributed by atoms with Crippen molar-refractivity contribution in [1.29, 1.82) is 0 Å². The lowest BCUT2D eigenvalue weighted by atomic mass is 9.77. The van der Waals surface area contributed by atoms with Gasteiger partial charge in [0.2, 0.25) is 0 Å². The van der Waals surface area contributed by atoms with Gasteiger partial charge in [0.05, 0.1) is 0 Å². The molecule has 0 atom stereocenters. The number of halogens is 1. The second kappa shape index (κ2) is 8.15. The van der Waals surface area contributed by atoms with Crippen LogP contribution in [-0.4, -0.2) is 16.0 Å². The van der Waals surface area contributed by atoms with Crippen LogP contribution in [0.25, 0.3) is 0 Å². The molecule has 24 heavy (non-hydrogen) atoms. The predicted molar refractivity (Wildman–Crippen MR) is 97.8 cm³/mol. The van der Waals surface area contributed by atoms with Crippen LogP contribution < -0.4 is 5.32 Å². The highest BCUT2D eigenvalue weighted by Crippen LogP contribution is 2.37. The summed E-state index contributed by atoms with van der Waals surface area (Å²) in [4.78, 5) is 4.09. The number of nitrogens with one attached hydrogen (secondary N) is 1. The molecule has 126 valence electrons. The van der Waals surface area contributed by atoms with Crippen LogP contribution in [0.2, 0.25) is 5.02 Å². The Morgan fingerprint density at radius 1 is 1.17 bits per heavy atom. The minimum absolute atomic E-state index is 0.542.